The highest BCUT2D eigenvalue weighted by atomic mass is 15.7. The zero-order valence-electron chi connectivity index (χ0n) is 21.6. The molecular weight excluding hydrogens is 478 g/mol. The van der Waals surface area contributed by atoms with E-state index in [1.807, 2.05) is 0 Å². The van der Waals surface area contributed by atoms with Gasteiger partial charge < -0.3 is 25.3 Å². The summed E-state index contributed by atoms with van der Waals surface area (Å²) in [7, 11) is 0. The third kappa shape index (κ3) is 4.22. The maximum atomic E-state index is 3.92. The molecule has 0 amide bonds. The van der Waals surface area contributed by atoms with Crippen molar-refractivity contribution in [3.05, 3.63) is 152 Å². The lowest BCUT2D eigenvalue weighted by molar-refractivity contribution is 0.489. The number of nitrogens with zero attached hydrogens (tertiary/aromatic N) is 3. The summed E-state index contributed by atoms with van der Waals surface area (Å²) in [5.41, 5.74) is 5.78. The summed E-state index contributed by atoms with van der Waals surface area (Å²) in [6.45, 7) is 0. The Balaban J connectivity index is 1.42. The molecule has 2 aliphatic rings. The fourth-order valence-corrected chi connectivity index (χ4v) is 6.08. The molecule has 4 atom stereocenters. The van der Waals surface area contributed by atoms with Crippen LogP contribution < -0.4 is 25.3 Å². The first-order chi connectivity index (χ1) is 19.4. The van der Waals surface area contributed by atoms with Crippen LogP contribution in [0.4, 0.5) is 28.4 Å². The van der Waals surface area contributed by atoms with Gasteiger partial charge in [0.05, 0.1) is 0 Å². The highest BCUT2D eigenvalue weighted by Gasteiger charge is 2.61. The Hall–Kier alpha value is -4.90. The van der Waals surface area contributed by atoms with E-state index in [2.05, 4.69) is 177 Å². The third-order valence-electron chi connectivity index (χ3n) is 7.64. The molecule has 0 aromatic heterocycles. The van der Waals surface area contributed by atoms with Gasteiger partial charge in [0.2, 0.25) is 0 Å². The lowest BCUT2D eigenvalue weighted by atomic mass is 10.1. The van der Waals surface area contributed by atoms with Gasteiger partial charge in [-0.25, -0.2) is 0 Å². The number of para-hydroxylation sites is 5. The van der Waals surface area contributed by atoms with Gasteiger partial charge in [0.15, 0.2) is 0 Å². The SMILES string of the molecule is c1ccc(N[C@H]2[C@H]3N(c4ccccc4)[C@H]([C@H](Nc4ccccc4)N3c3ccccc3)N2c2ccccc2)cc1. The van der Waals surface area contributed by atoms with Gasteiger partial charge in [-0.3, -0.25) is 0 Å². The zero-order valence-corrected chi connectivity index (χ0v) is 21.6. The Kier molecular flexibility index (Phi) is 6.02. The molecule has 0 spiro atoms. The van der Waals surface area contributed by atoms with Crippen molar-refractivity contribution < 1.29 is 0 Å². The standard InChI is InChI=1S/C34H31N5/c1-6-16-26(17-7-1)35-31-33-38(29-22-12-4-13-23-29)32(36-27-18-8-2-9-19-27)34(37(31)28-20-10-3-11-21-28)39(33)30-24-14-5-15-25-30/h1-25,31-36H/t31-,32-,33-,34-/m1/s1. The summed E-state index contributed by atoms with van der Waals surface area (Å²) in [5.74, 6) is 0. The monoisotopic (exact) mass is 509 g/mol. The van der Waals surface area contributed by atoms with Crippen LogP contribution in [0.25, 0.3) is 0 Å². The molecule has 5 aromatic carbocycles. The molecule has 2 heterocycles. The van der Waals surface area contributed by atoms with Crippen LogP contribution in [0.3, 0.4) is 0 Å². The van der Waals surface area contributed by atoms with Gasteiger partial charge in [-0.1, -0.05) is 91.0 Å². The van der Waals surface area contributed by atoms with Crippen LogP contribution in [0.5, 0.6) is 0 Å². The van der Waals surface area contributed by atoms with E-state index >= 15 is 0 Å². The molecule has 0 aliphatic carbocycles. The van der Waals surface area contributed by atoms with Crippen molar-refractivity contribution in [3.8, 4) is 0 Å². The molecule has 5 aromatic rings. The summed E-state index contributed by atoms with van der Waals surface area (Å²) >= 11 is 0. The number of benzene rings is 5. The number of hydrogen-bond donors (Lipinski definition) is 2. The number of rotatable bonds is 7. The Morgan fingerprint density at radius 1 is 0.333 bits per heavy atom. The van der Waals surface area contributed by atoms with Crippen molar-refractivity contribution >= 4 is 28.4 Å². The number of fused-ring (bicyclic) bond motifs is 2. The molecule has 39 heavy (non-hydrogen) atoms. The molecule has 5 nitrogen and oxygen atoms in total. The molecular formula is C34H31N5. The van der Waals surface area contributed by atoms with E-state index in [1.165, 1.54) is 17.1 Å². The lowest BCUT2D eigenvalue weighted by Crippen LogP contribution is -2.63. The molecule has 2 aliphatic heterocycles. The van der Waals surface area contributed by atoms with E-state index < -0.39 is 0 Å². The largest absolute Gasteiger partial charge is 0.362 e. The summed E-state index contributed by atoms with van der Waals surface area (Å²) in [4.78, 5) is 7.66. The van der Waals surface area contributed by atoms with Crippen molar-refractivity contribution in [1.29, 1.82) is 0 Å². The average Bonchev–Trinajstić information content (AvgIpc) is 3.50. The second-order valence-electron chi connectivity index (χ2n) is 9.97. The quantitative estimate of drug-likeness (QED) is 0.245. The number of anilines is 5. The molecule has 0 saturated carbocycles. The van der Waals surface area contributed by atoms with Crippen molar-refractivity contribution in [3.63, 3.8) is 0 Å². The molecule has 5 heteroatoms. The molecule has 2 fully saturated rings. The van der Waals surface area contributed by atoms with E-state index in [0.29, 0.717) is 0 Å². The van der Waals surface area contributed by atoms with Crippen LogP contribution in [0.1, 0.15) is 0 Å². The Morgan fingerprint density at radius 2 is 0.615 bits per heavy atom. The fourth-order valence-electron chi connectivity index (χ4n) is 6.08. The molecule has 0 radical (unpaired) electrons. The Morgan fingerprint density at radius 3 is 0.949 bits per heavy atom. The predicted octanol–water partition coefficient (Wildman–Crippen LogP) is 7.06. The zero-order chi connectivity index (χ0) is 26.0. The number of nitrogens with one attached hydrogen (secondary N) is 2. The molecule has 2 saturated heterocycles. The van der Waals surface area contributed by atoms with Gasteiger partial charge in [0.25, 0.3) is 0 Å². The van der Waals surface area contributed by atoms with Crippen LogP contribution in [-0.4, -0.2) is 24.7 Å². The molecule has 2 N–H and O–H groups in total. The lowest BCUT2D eigenvalue weighted by Gasteiger charge is -2.46. The van der Waals surface area contributed by atoms with E-state index in [4.69, 9.17) is 0 Å². The smallest absolute Gasteiger partial charge is 0.145 e. The van der Waals surface area contributed by atoms with Crippen molar-refractivity contribution in [2.75, 3.05) is 25.3 Å². The van der Waals surface area contributed by atoms with Crippen molar-refractivity contribution in [1.82, 2.24) is 0 Å². The highest BCUT2D eigenvalue weighted by molar-refractivity contribution is 5.72. The van der Waals surface area contributed by atoms with E-state index in [1.54, 1.807) is 0 Å². The maximum Gasteiger partial charge on any atom is 0.145 e. The van der Waals surface area contributed by atoms with E-state index in [-0.39, 0.29) is 24.7 Å². The van der Waals surface area contributed by atoms with Gasteiger partial charge in [-0.05, 0) is 60.7 Å². The second-order valence-corrected chi connectivity index (χ2v) is 9.97. The summed E-state index contributed by atoms with van der Waals surface area (Å²) in [6.07, 6.45) is -0.0362. The summed E-state index contributed by atoms with van der Waals surface area (Å²) in [5, 5.41) is 7.84. The first-order valence-electron chi connectivity index (χ1n) is 13.5. The number of hydrogen-bond acceptors (Lipinski definition) is 5. The highest BCUT2D eigenvalue weighted by Crippen LogP contribution is 2.47. The average molecular weight is 510 g/mol. The van der Waals surface area contributed by atoms with E-state index in [0.717, 1.165) is 11.4 Å². The van der Waals surface area contributed by atoms with Gasteiger partial charge in [-0.15, -0.1) is 0 Å². The first-order valence-corrected chi connectivity index (χ1v) is 13.5. The minimum atomic E-state index is -0.0194. The molecule has 0 unspecified atom stereocenters. The van der Waals surface area contributed by atoms with E-state index in [9.17, 15) is 0 Å². The predicted molar refractivity (Wildman–Crippen MR) is 162 cm³/mol. The minimum Gasteiger partial charge on any atom is -0.362 e. The van der Waals surface area contributed by atoms with Crippen LogP contribution >= 0.6 is 0 Å². The van der Waals surface area contributed by atoms with Crippen LogP contribution in [0, 0.1) is 0 Å². The normalized spacial score (nSPS) is 21.7. The van der Waals surface area contributed by atoms with Gasteiger partial charge in [0, 0.05) is 28.4 Å². The third-order valence-corrected chi connectivity index (χ3v) is 7.64. The first kappa shape index (κ1) is 23.2. The van der Waals surface area contributed by atoms with Gasteiger partial charge in [-0.2, -0.15) is 0 Å². The van der Waals surface area contributed by atoms with Gasteiger partial charge in [0.1, 0.15) is 24.7 Å². The van der Waals surface area contributed by atoms with Crippen LogP contribution in [0.2, 0.25) is 0 Å². The second kappa shape index (κ2) is 10.1. The summed E-state index contributed by atoms with van der Waals surface area (Å²) < 4.78 is 0. The minimum absolute atomic E-state index is 0.00132. The van der Waals surface area contributed by atoms with Crippen molar-refractivity contribution in [2.24, 2.45) is 0 Å². The Bertz CT molecular complexity index is 1330. The maximum absolute atomic E-state index is 3.92. The van der Waals surface area contributed by atoms with Gasteiger partial charge >= 0.3 is 0 Å². The molecule has 7 rings (SSSR count). The summed E-state index contributed by atoms with van der Waals surface area (Å²) in [6, 6.07) is 53.4. The topological polar surface area (TPSA) is 33.8 Å². The molecule has 192 valence electrons. The molecule has 2 bridgehead atoms. The van der Waals surface area contributed by atoms with Crippen molar-refractivity contribution in [2.45, 2.75) is 24.7 Å². The fraction of sp³-hybridized carbons (Fsp3) is 0.118. The van der Waals surface area contributed by atoms with Crippen LogP contribution in [-0.2, 0) is 0 Å². The Labute approximate surface area is 229 Å². The number of piperazine rings is 1. The van der Waals surface area contributed by atoms with Crippen LogP contribution in [0.15, 0.2) is 152 Å².